The molecule has 0 atom stereocenters. The van der Waals surface area contributed by atoms with Gasteiger partial charge in [0.05, 0.1) is 12.1 Å². The normalized spacial score (nSPS) is 25.9. The number of benzene rings is 1. The van der Waals surface area contributed by atoms with E-state index in [2.05, 4.69) is 17.2 Å². The molecule has 1 aromatic carbocycles. The van der Waals surface area contributed by atoms with Gasteiger partial charge >= 0.3 is 0 Å². The largest absolute Gasteiger partial charge is 0.394 e. The molecule has 1 heterocycles. The lowest BCUT2D eigenvalue weighted by Gasteiger charge is -2.38. The van der Waals surface area contributed by atoms with E-state index >= 15 is 0 Å². The summed E-state index contributed by atoms with van der Waals surface area (Å²) in [4.78, 5) is 15.6. The van der Waals surface area contributed by atoms with Gasteiger partial charge < -0.3 is 15.4 Å². The monoisotopic (exact) mass is 286 g/mol. The first-order valence-corrected chi connectivity index (χ1v) is 7.63. The minimum atomic E-state index is -0.457. The van der Waals surface area contributed by atoms with Crippen LogP contribution in [-0.4, -0.2) is 28.1 Å². The van der Waals surface area contributed by atoms with Gasteiger partial charge in [0, 0.05) is 10.9 Å². The zero-order chi connectivity index (χ0) is 14.9. The van der Waals surface area contributed by atoms with E-state index < -0.39 is 5.54 Å². The molecule has 4 nitrogen and oxygen atoms in total. The summed E-state index contributed by atoms with van der Waals surface area (Å²) in [7, 11) is 0. The van der Waals surface area contributed by atoms with Crippen molar-refractivity contribution in [1.82, 2.24) is 10.3 Å². The minimum Gasteiger partial charge on any atom is -0.394 e. The van der Waals surface area contributed by atoms with E-state index in [4.69, 9.17) is 0 Å². The van der Waals surface area contributed by atoms with Gasteiger partial charge in [-0.2, -0.15) is 0 Å². The van der Waals surface area contributed by atoms with Gasteiger partial charge in [0.2, 0.25) is 0 Å². The molecule has 0 radical (unpaired) electrons. The summed E-state index contributed by atoms with van der Waals surface area (Å²) in [6.45, 7) is 2.23. The molecule has 2 aromatic rings. The molecule has 3 N–H and O–H groups in total. The molecule has 1 aliphatic rings. The van der Waals surface area contributed by atoms with Crippen LogP contribution in [0.25, 0.3) is 10.9 Å². The van der Waals surface area contributed by atoms with Gasteiger partial charge in [0.15, 0.2) is 0 Å². The van der Waals surface area contributed by atoms with Crippen LogP contribution in [0.1, 0.15) is 43.1 Å². The molecule has 1 saturated carbocycles. The van der Waals surface area contributed by atoms with Crippen LogP contribution in [-0.2, 0) is 0 Å². The molecule has 112 valence electrons. The van der Waals surface area contributed by atoms with Crippen LogP contribution in [0, 0.1) is 5.92 Å². The van der Waals surface area contributed by atoms with Gasteiger partial charge in [-0.15, -0.1) is 0 Å². The molecule has 0 aliphatic heterocycles. The van der Waals surface area contributed by atoms with Gasteiger partial charge in [0.25, 0.3) is 5.91 Å². The van der Waals surface area contributed by atoms with Crippen molar-refractivity contribution in [3.8, 4) is 0 Å². The molecule has 1 aromatic heterocycles. The predicted molar refractivity (Wildman–Crippen MR) is 83.2 cm³/mol. The lowest BCUT2D eigenvalue weighted by atomic mass is 9.77. The molecular formula is C17H22N2O2. The van der Waals surface area contributed by atoms with Crippen molar-refractivity contribution < 1.29 is 9.90 Å². The van der Waals surface area contributed by atoms with Gasteiger partial charge in [-0.05, 0) is 43.7 Å². The summed E-state index contributed by atoms with van der Waals surface area (Å²) in [6, 6.07) is 9.69. The summed E-state index contributed by atoms with van der Waals surface area (Å²) >= 11 is 0. The standard InChI is InChI=1S/C17H22N2O2/c1-12-6-8-17(11-20,9-7-12)19-16(21)15-10-13-4-2-3-5-14(13)18-15/h2-5,10,12,18,20H,6-9,11H2,1H3,(H,19,21). The molecule has 0 unspecified atom stereocenters. The highest BCUT2D eigenvalue weighted by molar-refractivity contribution is 5.98. The predicted octanol–water partition coefficient (Wildman–Crippen LogP) is 2.84. The third-order valence-corrected chi connectivity index (χ3v) is 4.69. The number of carbonyl (C=O) groups is 1. The Hall–Kier alpha value is -1.81. The number of carbonyl (C=O) groups excluding carboxylic acids is 1. The van der Waals surface area contributed by atoms with Crippen molar-refractivity contribution in [2.24, 2.45) is 5.92 Å². The second-order valence-corrected chi connectivity index (χ2v) is 6.35. The van der Waals surface area contributed by atoms with Crippen LogP contribution in [0.4, 0.5) is 0 Å². The van der Waals surface area contributed by atoms with Crippen molar-refractivity contribution in [3.05, 3.63) is 36.0 Å². The number of aromatic nitrogens is 1. The number of aromatic amines is 1. The number of aliphatic hydroxyl groups excluding tert-OH is 1. The van der Waals surface area contributed by atoms with Gasteiger partial charge in [0.1, 0.15) is 5.69 Å². The fraction of sp³-hybridized carbons (Fsp3) is 0.471. The molecule has 0 bridgehead atoms. The summed E-state index contributed by atoms with van der Waals surface area (Å²) in [5, 5.41) is 13.8. The van der Waals surface area contributed by atoms with E-state index in [1.165, 1.54) is 0 Å². The van der Waals surface area contributed by atoms with Crippen LogP contribution in [0.15, 0.2) is 30.3 Å². The quantitative estimate of drug-likeness (QED) is 0.812. The number of hydrogen-bond acceptors (Lipinski definition) is 2. The first-order valence-electron chi connectivity index (χ1n) is 7.63. The topological polar surface area (TPSA) is 65.1 Å². The van der Waals surface area contributed by atoms with Gasteiger partial charge in [-0.1, -0.05) is 25.1 Å². The van der Waals surface area contributed by atoms with Crippen molar-refractivity contribution in [2.75, 3.05) is 6.61 Å². The number of fused-ring (bicyclic) bond motifs is 1. The Bertz CT molecular complexity index is 606. The van der Waals surface area contributed by atoms with Crippen LogP contribution < -0.4 is 5.32 Å². The Morgan fingerprint density at radius 2 is 2.10 bits per heavy atom. The maximum Gasteiger partial charge on any atom is 0.268 e. The van der Waals surface area contributed by atoms with Crippen molar-refractivity contribution in [3.63, 3.8) is 0 Å². The molecular weight excluding hydrogens is 264 g/mol. The lowest BCUT2D eigenvalue weighted by molar-refractivity contribution is 0.0713. The van der Waals surface area contributed by atoms with E-state index in [0.717, 1.165) is 36.6 Å². The second-order valence-electron chi connectivity index (χ2n) is 6.35. The minimum absolute atomic E-state index is 0.00564. The third-order valence-electron chi connectivity index (χ3n) is 4.69. The zero-order valence-corrected chi connectivity index (χ0v) is 12.4. The fourth-order valence-electron chi connectivity index (χ4n) is 3.14. The van der Waals surface area contributed by atoms with E-state index in [0.29, 0.717) is 11.6 Å². The van der Waals surface area contributed by atoms with E-state index in [1.807, 2.05) is 30.3 Å². The summed E-state index contributed by atoms with van der Waals surface area (Å²) in [5.41, 5.74) is 1.06. The van der Waals surface area contributed by atoms with Crippen LogP contribution in [0.5, 0.6) is 0 Å². The van der Waals surface area contributed by atoms with Crippen molar-refractivity contribution in [1.29, 1.82) is 0 Å². The fourth-order valence-corrected chi connectivity index (χ4v) is 3.14. The first-order chi connectivity index (χ1) is 10.1. The van der Waals surface area contributed by atoms with Crippen LogP contribution in [0.2, 0.25) is 0 Å². The number of hydrogen-bond donors (Lipinski definition) is 3. The Morgan fingerprint density at radius 1 is 1.38 bits per heavy atom. The Labute approximate surface area is 124 Å². The van der Waals surface area contributed by atoms with Crippen LogP contribution >= 0.6 is 0 Å². The van der Waals surface area contributed by atoms with E-state index in [-0.39, 0.29) is 12.5 Å². The highest BCUT2D eigenvalue weighted by Gasteiger charge is 2.35. The molecule has 3 rings (SSSR count). The molecule has 0 spiro atoms. The highest BCUT2D eigenvalue weighted by atomic mass is 16.3. The molecule has 0 saturated heterocycles. The molecule has 1 aliphatic carbocycles. The number of nitrogens with one attached hydrogen (secondary N) is 2. The average molecular weight is 286 g/mol. The second kappa shape index (κ2) is 5.53. The van der Waals surface area contributed by atoms with Gasteiger partial charge in [-0.25, -0.2) is 0 Å². The Kier molecular flexibility index (Phi) is 3.72. The van der Waals surface area contributed by atoms with E-state index in [9.17, 15) is 9.90 Å². The van der Waals surface area contributed by atoms with Crippen molar-refractivity contribution in [2.45, 2.75) is 38.1 Å². The number of H-pyrrole nitrogens is 1. The summed E-state index contributed by atoms with van der Waals surface area (Å²) in [5.74, 6) is 0.546. The Morgan fingerprint density at radius 3 is 2.76 bits per heavy atom. The van der Waals surface area contributed by atoms with Crippen molar-refractivity contribution >= 4 is 16.8 Å². The van der Waals surface area contributed by atoms with Gasteiger partial charge in [-0.3, -0.25) is 4.79 Å². The Balaban J connectivity index is 1.78. The molecule has 4 heteroatoms. The maximum atomic E-state index is 12.5. The summed E-state index contributed by atoms with van der Waals surface area (Å²) < 4.78 is 0. The smallest absolute Gasteiger partial charge is 0.268 e. The van der Waals surface area contributed by atoms with Crippen LogP contribution in [0.3, 0.4) is 0 Å². The number of amides is 1. The number of para-hydroxylation sites is 1. The average Bonchev–Trinajstić information content (AvgIpc) is 2.94. The summed E-state index contributed by atoms with van der Waals surface area (Å²) in [6.07, 6.45) is 3.79. The zero-order valence-electron chi connectivity index (χ0n) is 12.4. The molecule has 1 amide bonds. The number of rotatable bonds is 3. The first kappa shape index (κ1) is 14.1. The SMILES string of the molecule is CC1CCC(CO)(NC(=O)c2cc3ccccc3[nH]2)CC1. The maximum absolute atomic E-state index is 12.5. The molecule has 1 fully saturated rings. The van der Waals surface area contributed by atoms with E-state index in [1.54, 1.807) is 0 Å². The molecule has 21 heavy (non-hydrogen) atoms. The number of aliphatic hydroxyl groups is 1. The lowest BCUT2D eigenvalue weighted by Crippen LogP contribution is -2.53. The third kappa shape index (κ3) is 2.81. The highest BCUT2D eigenvalue weighted by Crippen LogP contribution is 2.32.